The molecule has 0 aromatic heterocycles. The third-order valence-electron chi connectivity index (χ3n) is 4.98. The Morgan fingerprint density at radius 2 is 1.77 bits per heavy atom. The summed E-state index contributed by atoms with van der Waals surface area (Å²) in [4.78, 5) is 23.4. The zero-order chi connectivity index (χ0) is 23.6. The molecule has 0 saturated carbocycles. The lowest BCUT2D eigenvalue weighted by Gasteiger charge is -2.32. The molecule has 1 saturated heterocycles. The van der Waals surface area contributed by atoms with E-state index in [0.717, 1.165) is 11.8 Å². The van der Waals surface area contributed by atoms with Crippen LogP contribution >= 0.6 is 11.8 Å². The van der Waals surface area contributed by atoms with Crippen molar-refractivity contribution in [3.8, 4) is 0 Å². The van der Waals surface area contributed by atoms with Crippen molar-refractivity contribution in [1.82, 2.24) is 0 Å². The molecule has 1 aromatic rings. The number of amides is 1. The molecular formula is C22H31BFNO5S. The van der Waals surface area contributed by atoms with E-state index in [0.29, 0.717) is 16.8 Å². The van der Waals surface area contributed by atoms with Gasteiger partial charge in [-0.15, -0.1) is 0 Å². The average Bonchev–Trinajstić information content (AvgIpc) is 2.79. The molecule has 2 rings (SSSR count). The summed E-state index contributed by atoms with van der Waals surface area (Å²) in [5.74, 6) is -0.252. The molecule has 1 amide bonds. The van der Waals surface area contributed by atoms with Crippen molar-refractivity contribution in [2.45, 2.75) is 72.2 Å². The first-order valence-electron chi connectivity index (χ1n) is 10.1. The van der Waals surface area contributed by atoms with Crippen LogP contribution in [0.4, 0.5) is 14.9 Å². The molecule has 1 heterocycles. The van der Waals surface area contributed by atoms with Gasteiger partial charge in [0.2, 0.25) is 0 Å². The second-order valence-electron chi connectivity index (χ2n) is 9.45. The normalized spacial score (nSPS) is 18.1. The fraction of sp³-hybridized carbons (Fsp3) is 0.545. The molecule has 9 heteroatoms. The third-order valence-corrected chi connectivity index (χ3v) is 5.86. The van der Waals surface area contributed by atoms with Gasteiger partial charge in [-0.25, -0.2) is 9.18 Å². The third kappa shape index (κ3) is 7.09. The minimum atomic E-state index is -0.731. The van der Waals surface area contributed by atoms with Gasteiger partial charge in [-0.2, -0.15) is 0 Å². The highest BCUT2D eigenvalue weighted by Gasteiger charge is 2.52. The number of halogens is 1. The molecule has 0 atom stereocenters. The van der Waals surface area contributed by atoms with Crippen molar-refractivity contribution in [3.63, 3.8) is 0 Å². The Balaban J connectivity index is 2.26. The Labute approximate surface area is 188 Å². The molecule has 1 aliphatic heterocycles. The number of benzene rings is 1. The molecule has 1 fully saturated rings. The summed E-state index contributed by atoms with van der Waals surface area (Å²) >= 11 is 1.13. The lowest BCUT2D eigenvalue weighted by Crippen LogP contribution is -2.41. The van der Waals surface area contributed by atoms with Crippen LogP contribution in [0.2, 0.25) is 0 Å². The van der Waals surface area contributed by atoms with Crippen LogP contribution < -0.4 is 5.32 Å². The molecule has 0 spiro atoms. The van der Waals surface area contributed by atoms with Crippen molar-refractivity contribution in [2.75, 3.05) is 11.1 Å². The molecule has 31 heavy (non-hydrogen) atoms. The van der Waals surface area contributed by atoms with Gasteiger partial charge in [-0.1, -0.05) is 23.9 Å². The molecule has 1 N–H and O–H groups in total. The van der Waals surface area contributed by atoms with E-state index in [-0.39, 0.29) is 10.8 Å². The summed E-state index contributed by atoms with van der Waals surface area (Å²) in [6.45, 7) is 14.5. The Kier molecular flexibility index (Phi) is 7.66. The fourth-order valence-corrected chi connectivity index (χ4v) is 3.30. The topological polar surface area (TPSA) is 73.9 Å². The number of nitrogens with one attached hydrogen (secondary N) is 1. The van der Waals surface area contributed by atoms with Gasteiger partial charge >= 0.3 is 13.2 Å². The van der Waals surface area contributed by atoms with Crippen LogP contribution in [0.15, 0.2) is 23.7 Å². The number of rotatable bonds is 5. The fourth-order valence-electron chi connectivity index (χ4n) is 2.71. The number of thioether (sulfide) groups is 1. The number of hydrogen-bond donors (Lipinski definition) is 1. The van der Waals surface area contributed by atoms with E-state index in [9.17, 15) is 14.0 Å². The van der Waals surface area contributed by atoms with E-state index >= 15 is 0 Å². The first-order chi connectivity index (χ1) is 14.1. The molecule has 0 aliphatic carbocycles. The van der Waals surface area contributed by atoms with Crippen LogP contribution in [-0.2, 0) is 18.8 Å². The highest BCUT2D eigenvalue weighted by atomic mass is 32.2. The van der Waals surface area contributed by atoms with Crippen LogP contribution in [0, 0.1) is 5.82 Å². The standard InChI is InChI=1S/C22H31BFNO5S/c1-14(26)31-13-16(23-29-21(5,6)22(7,8)30-23)11-15-9-10-18(17(24)12-15)25-19(27)28-20(2,3)4/h9-12H,13H2,1-8H3,(H,25,27). The smallest absolute Gasteiger partial charge is 0.444 e. The molecule has 1 aromatic carbocycles. The summed E-state index contributed by atoms with van der Waals surface area (Å²) in [5, 5.41) is 2.37. The summed E-state index contributed by atoms with van der Waals surface area (Å²) in [6.07, 6.45) is 1.02. The summed E-state index contributed by atoms with van der Waals surface area (Å²) in [6, 6.07) is 4.43. The zero-order valence-corrected chi connectivity index (χ0v) is 20.2. The second-order valence-corrected chi connectivity index (χ2v) is 10.6. The quantitative estimate of drug-likeness (QED) is 0.599. The number of ether oxygens (including phenoxy) is 1. The van der Waals surface area contributed by atoms with E-state index in [1.807, 2.05) is 27.7 Å². The first-order valence-corrected chi connectivity index (χ1v) is 11.1. The Hall–Kier alpha value is -1.84. The number of hydrogen-bond acceptors (Lipinski definition) is 6. The van der Waals surface area contributed by atoms with E-state index in [1.54, 1.807) is 32.9 Å². The predicted molar refractivity (Wildman–Crippen MR) is 123 cm³/mol. The van der Waals surface area contributed by atoms with Crippen molar-refractivity contribution in [1.29, 1.82) is 0 Å². The highest BCUT2D eigenvalue weighted by Crippen LogP contribution is 2.39. The molecule has 170 valence electrons. The van der Waals surface area contributed by atoms with Crippen LogP contribution in [0.1, 0.15) is 61.0 Å². The monoisotopic (exact) mass is 451 g/mol. The molecule has 6 nitrogen and oxygen atoms in total. The largest absolute Gasteiger partial charge is 0.491 e. The molecule has 0 unspecified atom stereocenters. The molecule has 0 radical (unpaired) electrons. The van der Waals surface area contributed by atoms with E-state index < -0.39 is 35.8 Å². The summed E-state index contributed by atoms with van der Waals surface area (Å²) in [5.41, 5.74) is -0.474. The SMILES string of the molecule is CC(=O)SCC(=Cc1ccc(NC(=O)OC(C)(C)C)c(F)c1)B1OC(C)(C)C(C)(C)O1. The van der Waals surface area contributed by atoms with Crippen molar-refractivity contribution < 1.29 is 28.0 Å². The predicted octanol–water partition coefficient (Wildman–Crippen LogP) is 5.47. The van der Waals surface area contributed by atoms with Crippen LogP contribution in [-0.4, -0.2) is 40.9 Å². The Morgan fingerprint density at radius 1 is 1.19 bits per heavy atom. The average molecular weight is 451 g/mol. The van der Waals surface area contributed by atoms with Gasteiger partial charge in [0.25, 0.3) is 0 Å². The van der Waals surface area contributed by atoms with Crippen molar-refractivity contribution in [2.24, 2.45) is 0 Å². The van der Waals surface area contributed by atoms with Gasteiger partial charge in [0, 0.05) is 12.7 Å². The van der Waals surface area contributed by atoms with Crippen molar-refractivity contribution in [3.05, 3.63) is 35.1 Å². The first kappa shape index (κ1) is 25.4. The van der Waals surface area contributed by atoms with Crippen LogP contribution in [0.25, 0.3) is 6.08 Å². The van der Waals surface area contributed by atoms with Crippen LogP contribution in [0.5, 0.6) is 0 Å². The van der Waals surface area contributed by atoms with Gasteiger partial charge in [0.1, 0.15) is 11.4 Å². The second kappa shape index (κ2) is 9.34. The minimum absolute atomic E-state index is 0.0155. The van der Waals surface area contributed by atoms with Gasteiger partial charge in [0.15, 0.2) is 5.12 Å². The molecule has 0 bridgehead atoms. The summed E-state index contributed by atoms with van der Waals surface area (Å²) < 4.78 is 32.0. The number of carbonyl (C=O) groups excluding carboxylic acids is 2. The lowest BCUT2D eigenvalue weighted by atomic mass is 9.78. The maximum Gasteiger partial charge on any atom is 0.491 e. The molecular weight excluding hydrogens is 420 g/mol. The number of anilines is 1. The van der Waals surface area contributed by atoms with Crippen molar-refractivity contribution >= 4 is 41.9 Å². The summed E-state index contributed by atoms with van der Waals surface area (Å²) in [7, 11) is -0.653. The Bertz CT molecular complexity index is 863. The molecule has 1 aliphatic rings. The van der Waals surface area contributed by atoms with Gasteiger partial charge in [0.05, 0.1) is 16.9 Å². The maximum absolute atomic E-state index is 14.6. The van der Waals surface area contributed by atoms with E-state index in [2.05, 4.69) is 5.32 Å². The zero-order valence-electron chi connectivity index (χ0n) is 19.4. The lowest BCUT2D eigenvalue weighted by molar-refractivity contribution is -0.109. The van der Waals surface area contributed by atoms with E-state index in [4.69, 9.17) is 14.0 Å². The Morgan fingerprint density at radius 3 is 2.26 bits per heavy atom. The minimum Gasteiger partial charge on any atom is -0.444 e. The number of carbonyl (C=O) groups is 2. The van der Waals surface area contributed by atoms with Gasteiger partial charge in [-0.3, -0.25) is 10.1 Å². The maximum atomic E-state index is 14.6. The highest BCUT2D eigenvalue weighted by molar-refractivity contribution is 8.13. The van der Waals surface area contributed by atoms with Gasteiger partial charge in [-0.05, 0) is 71.6 Å². The van der Waals surface area contributed by atoms with Crippen LogP contribution in [0.3, 0.4) is 0 Å². The van der Waals surface area contributed by atoms with Gasteiger partial charge < -0.3 is 14.0 Å². The van der Waals surface area contributed by atoms with E-state index in [1.165, 1.54) is 19.1 Å².